The number of imide groups is 1. The number of carbonyl (C=O) groups excluding carboxylic acids is 3. The first-order valence-corrected chi connectivity index (χ1v) is 11.9. The van der Waals surface area contributed by atoms with E-state index in [1.54, 1.807) is 5.38 Å². The van der Waals surface area contributed by atoms with E-state index in [-0.39, 0.29) is 67.6 Å². The third-order valence-corrected chi connectivity index (χ3v) is 8.35. The third-order valence-electron chi connectivity index (χ3n) is 5.13. The van der Waals surface area contributed by atoms with Gasteiger partial charge in [0.25, 0.3) is 12.0 Å². The van der Waals surface area contributed by atoms with E-state index in [0.717, 1.165) is 11.3 Å². The summed E-state index contributed by atoms with van der Waals surface area (Å²) in [5.41, 5.74) is 6.31. The summed E-state index contributed by atoms with van der Waals surface area (Å²) in [6, 6.07) is 2.07. The molecular formula is C18H14Cl3N4NaO4S2. The summed E-state index contributed by atoms with van der Waals surface area (Å²) in [6.45, 7) is 0.127. The molecule has 3 N–H and O–H groups in total. The van der Waals surface area contributed by atoms with Crippen LogP contribution >= 0.6 is 57.9 Å². The number of aromatic nitrogens is 1. The van der Waals surface area contributed by atoms with Gasteiger partial charge in [0.2, 0.25) is 6.04 Å². The quantitative estimate of drug-likeness (QED) is 0.198. The van der Waals surface area contributed by atoms with E-state index in [1.807, 2.05) is 0 Å². The van der Waals surface area contributed by atoms with Crippen molar-refractivity contribution in [3.8, 4) is 0 Å². The van der Waals surface area contributed by atoms with Gasteiger partial charge in [0, 0.05) is 21.7 Å². The van der Waals surface area contributed by atoms with Crippen LogP contribution in [0.5, 0.6) is 0 Å². The Hall–Kier alpha value is -0.820. The summed E-state index contributed by atoms with van der Waals surface area (Å²) in [5, 5.41) is 16.0. The monoisotopic (exact) mass is 542 g/mol. The zero-order chi connectivity index (χ0) is 22.5. The molecule has 2 aliphatic rings. The van der Waals surface area contributed by atoms with Crippen LogP contribution in [0.2, 0.25) is 15.1 Å². The number of hydrogen-bond donors (Lipinski definition) is 2. The molecule has 0 aliphatic carbocycles. The summed E-state index contributed by atoms with van der Waals surface area (Å²) in [6.07, 6.45) is -0.0577. The number of fused-ring (bicyclic) bond motifs is 1. The SMILES string of the molecule is Nc1nc(/C(=C/c2c(Cl)ccc(Cl)c2Cl)C(=O)NC2C(=O)[N+]3(C(=O)[O-])CCS[C@@H]23)cs1.[NaH]. The Morgan fingerprint density at radius 1 is 1.28 bits per heavy atom. The van der Waals surface area contributed by atoms with Gasteiger partial charge in [-0.15, -0.1) is 11.3 Å². The van der Waals surface area contributed by atoms with Gasteiger partial charge >= 0.3 is 35.5 Å². The Morgan fingerprint density at radius 3 is 2.59 bits per heavy atom. The predicted molar refractivity (Wildman–Crippen MR) is 127 cm³/mol. The number of thiazole rings is 1. The van der Waals surface area contributed by atoms with Crippen molar-refractivity contribution in [2.75, 3.05) is 18.0 Å². The minimum atomic E-state index is -1.47. The molecule has 164 valence electrons. The zero-order valence-electron chi connectivity index (χ0n) is 15.4. The van der Waals surface area contributed by atoms with Gasteiger partial charge in [0.05, 0.1) is 21.3 Å². The van der Waals surface area contributed by atoms with Crippen molar-refractivity contribution in [3.63, 3.8) is 0 Å². The first kappa shape index (κ1) is 25.8. The van der Waals surface area contributed by atoms with Crippen molar-refractivity contribution in [1.82, 2.24) is 10.3 Å². The van der Waals surface area contributed by atoms with Crippen LogP contribution in [0.25, 0.3) is 11.6 Å². The van der Waals surface area contributed by atoms with E-state index >= 15 is 0 Å². The van der Waals surface area contributed by atoms with Gasteiger partial charge in [-0.2, -0.15) is 4.48 Å². The van der Waals surface area contributed by atoms with E-state index in [0.29, 0.717) is 11.3 Å². The van der Waals surface area contributed by atoms with Crippen molar-refractivity contribution in [3.05, 3.63) is 43.8 Å². The molecule has 14 heteroatoms. The van der Waals surface area contributed by atoms with Crippen LogP contribution in [0.4, 0.5) is 9.93 Å². The van der Waals surface area contributed by atoms with Crippen LogP contribution in [-0.4, -0.2) is 80.6 Å². The number of nitrogens with zero attached hydrogens (tertiary/aromatic N) is 2. The van der Waals surface area contributed by atoms with Crippen molar-refractivity contribution in [2.24, 2.45) is 0 Å². The van der Waals surface area contributed by atoms with Crippen LogP contribution in [-0.2, 0) is 9.59 Å². The average molecular weight is 544 g/mol. The second-order valence-electron chi connectivity index (χ2n) is 6.79. The number of hydrogen-bond acceptors (Lipinski definition) is 8. The summed E-state index contributed by atoms with van der Waals surface area (Å²) in [5.74, 6) is -0.811. The number of quaternary nitrogens is 1. The number of amides is 3. The standard InChI is InChI=1S/C18H13Cl3N4O4S2.Na.H/c19-9-1-2-10(20)12(21)7(9)5-8(11-6-31-17(22)23-11)14(26)24-13-15(27)25(18(28)29)3-4-30-16(13)25;;/h1-2,5-6,13,16H,3-4H2,(H3-,22,23,24,26,28,29);;/b8-5-;;/t13?,16-,25?;;/m0../s1. The van der Waals surface area contributed by atoms with Crippen LogP contribution in [0.3, 0.4) is 0 Å². The van der Waals surface area contributed by atoms with Crippen molar-refractivity contribution < 1.29 is 24.0 Å². The third kappa shape index (κ3) is 4.21. The fourth-order valence-electron chi connectivity index (χ4n) is 3.57. The number of carboxylic acid groups (broad SMARTS) is 1. The van der Waals surface area contributed by atoms with Crippen LogP contribution in [0.15, 0.2) is 17.5 Å². The van der Waals surface area contributed by atoms with E-state index in [1.165, 1.54) is 30.0 Å². The van der Waals surface area contributed by atoms with Gasteiger partial charge in [0.1, 0.15) is 6.54 Å². The molecule has 1 aromatic heterocycles. The van der Waals surface area contributed by atoms with Gasteiger partial charge < -0.3 is 21.0 Å². The molecule has 2 unspecified atom stereocenters. The van der Waals surface area contributed by atoms with E-state index < -0.39 is 33.8 Å². The average Bonchev–Trinajstić information content (AvgIpc) is 3.33. The molecule has 1 aromatic carbocycles. The molecule has 0 bridgehead atoms. The molecule has 2 fully saturated rings. The van der Waals surface area contributed by atoms with Crippen LogP contribution < -0.4 is 16.2 Å². The Morgan fingerprint density at radius 2 is 1.97 bits per heavy atom. The second kappa shape index (κ2) is 9.81. The Kier molecular flexibility index (Phi) is 7.91. The normalized spacial score (nSPS) is 24.3. The van der Waals surface area contributed by atoms with Crippen LogP contribution in [0, 0.1) is 0 Å². The zero-order valence-corrected chi connectivity index (χ0v) is 19.3. The molecule has 4 rings (SSSR count). The van der Waals surface area contributed by atoms with Gasteiger partial charge in [-0.25, -0.2) is 9.78 Å². The number of nitrogen functional groups attached to an aromatic ring is 1. The molecule has 2 aromatic rings. The number of nitrogens with one attached hydrogen (secondary N) is 1. The molecule has 2 aliphatic heterocycles. The Bertz CT molecular complexity index is 1160. The number of rotatable bonds is 4. The first-order valence-electron chi connectivity index (χ1n) is 8.79. The predicted octanol–water partition coefficient (Wildman–Crippen LogP) is 1.84. The van der Waals surface area contributed by atoms with Gasteiger partial charge in [-0.05, 0) is 18.2 Å². The maximum atomic E-state index is 13.2. The molecule has 0 spiro atoms. The number of anilines is 1. The number of thioether (sulfide) groups is 1. The molecule has 2 saturated heterocycles. The van der Waals surface area contributed by atoms with E-state index in [4.69, 9.17) is 40.5 Å². The van der Waals surface area contributed by atoms with Gasteiger partial charge in [-0.1, -0.05) is 46.6 Å². The topological polar surface area (TPSA) is 125 Å². The van der Waals surface area contributed by atoms with Gasteiger partial charge in [-0.3, -0.25) is 4.79 Å². The fraction of sp³-hybridized carbons (Fsp3) is 0.222. The molecule has 8 nitrogen and oxygen atoms in total. The molecule has 3 heterocycles. The summed E-state index contributed by atoms with van der Waals surface area (Å²) in [7, 11) is 0. The second-order valence-corrected chi connectivity index (χ2v) is 10.1. The van der Waals surface area contributed by atoms with E-state index in [9.17, 15) is 19.5 Å². The Labute approximate surface area is 228 Å². The fourth-order valence-corrected chi connectivity index (χ4v) is 6.34. The molecule has 3 amide bonds. The summed E-state index contributed by atoms with van der Waals surface area (Å²) < 4.78 is -0.787. The van der Waals surface area contributed by atoms with Crippen molar-refractivity contribution >= 4 is 122 Å². The van der Waals surface area contributed by atoms with Crippen molar-refractivity contribution in [2.45, 2.75) is 11.4 Å². The Balaban J connectivity index is 0.00000289. The summed E-state index contributed by atoms with van der Waals surface area (Å²) in [4.78, 5) is 41.5. The number of carbonyl (C=O) groups is 3. The number of benzene rings is 1. The first-order chi connectivity index (χ1) is 14.7. The van der Waals surface area contributed by atoms with Crippen LogP contribution in [0.1, 0.15) is 11.3 Å². The molecule has 3 atom stereocenters. The molecule has 32 heavy (non-hydrogen) atoms. The number of β-lactam (4-membered cyclic amide) rings is 1. The maximum absolute atomic E-state index is 13.2. The molecular weight excluding hydrogens is 530 g/mol. The minimum absolute atomic E-state index is 0. The van der Waals surface area contributed by atoms with Crippen molar-refractivity contribution in [1.29, 1.82) is 0 Å². The molecule has 0 saturated carbocycles. The number of nitrogens with two attached hydrogens (primary N) is 1. The molecule has 0 radical (unpaired) electrons. The number of halogens is 3. The summed E-state index contributed by atoms with van der Waals surface area (Å²) >= 11 is 21.0. The van der Waals surface area contributed by atoms with E-state index in [2.05, 4.69) is 10.3 Å². The van der Waals surface area contributed by atoms with Gasteiger partial charge in [0.15, 0.2) is 10.5 Å².